The Balaban J connectivity index is 4.12. The summed E-state index contributed by atoms with van der Waals surface area (Å²) in [5.41, 5.74) is 0. The molecule has 288 valence electrons. The number of phosphoric acid groups is 1. The van der Waals surface area contributed by atoms with Gasteiger partial charge in [0, 0.05) is 12.8 Å². The zero-order chi connectivity index (χ0) is 37.1. The standard InChI is InChI=1S/C40H69O9P/c1-4-6-30-37(41)31-26-22-18-14-9-7-8-10-15-19-23-27-32-39(42)47-34-38(35-48-50(44,45)46)49-40(43)33-28-24-20-16-12-11-13-17-21-25-29-36(3)5-2/h6-8,14-15,18-19,22,26,30,36-38,41H,4-5,9-13,16-17,20-21,23-25,27-29,31-35H2,1-3H3,(H2,44,45,46)/b8-7-,18-14-,19-15-,26-22+,30-6-/t36?,37?,38-/m1/s1. The van der Waals surface area contributed by atoms with Gasteiger partial charge < -0.3 is 24.4 Å². The molecule has 10 heteroatoms. The van der Waals surface area contributed by atoms with Gasteiger partial charge in [0.15, 0.2) is 6.10 Å². The van der Waals surface area contributed by atoms with E-state index in [0.29, 0.717) is 25.7 Å². The normalized spacial score (nSPS) is 14.4. The van der Waals surface area contributed by atoms with Crippen LogP contribution in [0, 0.1) is 5.92 Å². The molecule has 0 aromatic rings. The van der Waals surface area contributed by atoms with E-state index >= 15 is 0 Å². The molecule has 0 aromatic carbocycles. The van der Waals surface area contributed by atoms with Crippen LogP contribution in [-0.4, -0.2) is 52.3 Å². The summed E-state index contributed by atoms with van der Waals surface area (Å²) in [7, 11) is -4.77. The number of carbonyl (C=O) groups excluding carboxylic acids is 2. The first kappa shape index (κ1) is 47.7. The molecule has 0 aromatic heterocycles. The highest BCUT2D eigenvalue weighted by molar-refractivity contribution is 7.46. The Morgan fingerprint density at radius 1 is 0.700 bits per heavy atom. The molecule has 2 unspecified atom stereocenters. The third-order valence-corrected chi connectivity index (χ3v) is 8.65. The molecular weight excluding hydrogens is 655 g/mol. The highest BCUT2D eigenvalue weighted by Crippen LogP contribution is 2.36. The summed E-state index contributed by atoms with van der Waals surface area (Å²) in [4.78, 5) is 42.7. The van der Waals surface area contributed by atoms with Crippen LogP contribution in [0.15, 0.2) is 60.8 Å². The number of unbranched alkanes of at least 4 members (excludes halogenated alkanes) is 10. The lowest BCUT2D eigenvalue weighted by Gasteiger charge is -2.18. The van der Waals surface area contributed by atoms with Crippen LogP contribution in [-0.2, 0) is 28.2 Å². The number of aliphatic hydroxyl groups excluding tert-OH is 1. The van der Waals surface area contributed by atoms with Crippen molar-refractivity contribution in [1.29, 1.82) is 0 Å². The molecule has 0 amide bonds. The average Bonchev–Trinajstić information content (AvgIpc) is 3.08. The van der Waals surface area contributed by atoms with E-state index in [2.05, 4.69) is 30.5 Å². The van der Waals surface area contributed by atoms with E-state index in [-0.39, 0.29) is 19.4 Å². The van der Waals surface area contributed by atoms with Crippen LogP contribution in [0.2, 0.25) is 0 Å². The molecule has 0 bridgehead atoms. The van der Waals surface area contributed by atoms with Crippen LogP contribution in [0.1, 0.15) is 149 Å². The zero-order valence-corrected chi connectivity index (χ0v) is 32.2. The summed E-state index contributed by atoms with van der Waals surface area (Å²) in [6.07, 6.45) is 37.2. The fourth-order valence-electron chi connectivity index (χ4n) is 4.93. The van der Waals surface area contributed by atoms with Crippen molar-refractivity contribution in [2.75, 3.05) is 13.2 Å². The largest absolute Gasteiger partial charge is 0.469 e. The number of carbonyl (C=O) groups is 2. The maximum Gasteiger partial charge on any atom is 0.469 e. The third kappa shape index (κ3) is 35.5. The molecule has 3 atom stereocenters. The summed E-state index contributed by atoms with van der Waals surface area (Å²) < 4.78 is 26.2. The molecule has 0 saturated heterocycles. The number of hydrogen-bond acceptors (Lipinski definition) is 7. The van der Waals surface area contributed by atoms with E-state index in [1.54, 1.807) is 0 Å². The van der Waals surface area contributed by atoms with Gasteiger partial charge in [0.05, 0.1) is 12.7 Å². The highest BCUT2D eigenvalue weighted by Gasteiger charge is 2.22. The Bertz CT molecular complexity index is 1030. The molecule has 0 rings (SSSR count). The van der Waals surface area contributed by atoms with E-state index in [0.717, 1.165) is 44.4 Å². The van der Waals surface area contributed by atoms with Crippen molar-refractivity contribution in [3.8, 4) is 0 Å². The fraction of sp³-hybridized carbons (Fsp3) is 0.700. The number of rotatable bonds is 33. The molecule has 0 radical (unpaired) electrons. The van der Waals surface area contributed by atoms with Crippen molar-refractivity contribution in [2.45, 2.75) is 161 Å². The van der Waals surface area contributed by atoms with Crippen molar-refractivity contribution >= 4 is 19.8 Å². The summed E-state index contributed by atoms with van der Waals surface area (Å²) in [5, 5.41) is 9.73. The molecule has 0 aliphatic carbocycles. The van der Waals surface area contributed by atoms with Gasteiger partial charge in [-0.15, -0.1) is 0 Å². The quantitative estimate of drug-likeness (QED) is 0.0198. The Labute approximate surface area is 303 Å². The number of allylic oxidation sites excluding steroid dienone is 8. The van der Waals surface area contributed by atoms with Crippen molar-refractivity contribution in [3.63, 3.8) is 0 Å². The molecule has 0 aliphatic rings. The van der Waals surface area contributed by atoms with Crippen molar-refractivity contribution in [3.05, 3.63) is 60.8 Å². The van der Waals surface area contributed by atoms with Crippen LogP contribution < -0.4 is 0 Å². The molecule has 9 nitrogen and oxygen atoms in total. The lowest BCUT2D eigenvalue weighted by atomic mass is 9.99. The van der Waals surface area contributed by atoms with Crippen LogP contribution in [0.25, 0.3) is 0 Å². The molecular formula is C40H69O9P. The van der Waals surface area contributed by atoms with Gasteiger partial charge in [0.1, 0.15) is 6.61 Å². The second-order valence-corrected chi connectivity index (χ2v) is 14.2. The lowest BCUT2D eigenvalue weighted by Crippen LogP contribution is -2.29. The molecule has 0 aliphatic heterocycles. The lowest BCUT2D eigenvalue weighted by molar-refractivity contribution is -0.161. The first-order valence-corrected chi connectivity index (χ1v) is 20.6. The van der Waals surface area contributed by atoms with Gasteiger partial charge in [-0.25, -0.2) is 4.57 Å². The minimum Gasteiger partial charge on any atom is -0.462 e. The first-order valence-electron chi connectivity index (χ1n) is 19.1. The van der Waals surface area contributed by atoms with Crippen LogP contribution in [0.3, 0.4) is 0 Å². The van der Waals surface area contributed by atoms with Crippen LogP contribution >= 0.6 is 7.82 Å². The topological polar surface area (TPSA) is 140 Å². The Morgan fingerprint density at radius 3 is 1.92 bits per heavy atom. The van der Waals surface area contributed by atoms with Gasteiger partial charge in [-0.2, -0.15) is 0 Å². The van der Waals surface area contributed by atoms with E-state index in [9.17, 15) is 19.3 Å². The van der Waals surface area contributed by atoms with E-state index < -0.39 is 38.6 Å². The zero-order valence-electron chi connectivity index (χ0n) is 31.3. The fourth-order valence-corrected chi connectivity index (χ4v) is 5.29. The molecule has 0 heterocycles. The predicted octanol–water partition coefficient (Wildman–Crippen LogP) is 10.2. The SMILES string of the molecule is CC/C=C\C(O)C/C=C/C=C\C/C=C\C/C=C\CCCC(=O)OC[C@H](COP(=O)(O)O)OC(=O)CCCCCCCCCCCCC(C)CC. The first-order chi connectivity index (χ1) is 24.1. The monoisotopic (exact) mass is 724 g/mol. The molecule has 0 saturated carbocycles. The Morgan fingerprint density at radius 2 is 1.28 bits per heavy atom. The molecule has 50 heavy (non-hydrogen) atoms. The number of hydrogen-bond donors (Lipinski definition) is 3. The van der Waals surface area contributed by atoms with Crippen LogP contribution in [0.4, 0.5) is 0 Å². The summed E-state index contributed by atoms with van der Waals surface area (Å²) in [5.74, 6) is -0.141. The maximum absolute atomic E-state index is 12.4. The van der Waals surface area contributed by atoms with Crippen molar-refractivity contribution in [2.24, 2.45) is 5.92 Å². The highest BCUT2D eigenvalue weighted by atomic mass is 31.2. The van der Waals surface area contributed by atoms with E-state index in [1.165, 1.54) is 51.4 Å². The van der Waals surface area contributed by atoms with E-state index in [1.807, 2.05) is 55.5 Å². The van der Waals surface area contributed by atoms with Gasteiger partial charge in [-0.3, -0.25) is 14.1 Å². The minimum absolute atomic E-state index is 0.169. The second-order valence-electron chi connectivity index (χ2n) is 13.0. The second kappa shape index (κ2) is 33.8. The average molecular weight is 725 g/mol. The summed E-state index contributed by atoms with van der Waals surface area (Å²) >= 11 is 0. The summed E-state index contributed by atoms with van der Waals surface area (Å²) in [6.45, 7) is 5.72. The smallest absolute Gasteiger partial charge is 0.462 e. The van der Waals surface area contributed by atoms with Gasteiger partial charge in [0.25, 0.3) is 0 Å². The predicted molar refractivity (Wildman–Crippen MR) is 203 cm³/mol. The third-order valence-electron chi connectivity index (χ3n) is 8.17. The summed E-state index contributed by atoms with van der Waals surface area (Å²) in [6, 6.07) is 0. The van der Waals surface area contributed by atoms with E-state index in [4.69, 9.17) is 19.3 Å². The Kier molecular flexibility index (Phi) is 32.3. The number of esters is 2. The van der Waals surface area contributed by atoms with Gasteiger partial charge in [0.2, 0.25) is 0 Å². The van der Waals surface area contributed by atoms with Crippen LogP contribution in [0.5, 0.6) is 0 Å². The minimum atomic E-state index is -4.77. The molecule has 3 N–H and O–H groups in total. The van der Waals surface area contributed by atoms with Gasteiger partial charge >= 0.3 is 19.8 Å². The van der Waals surface area contributed by atoms with Gasteiger partial charge in [-0.1, -0.05) is 152 Å². The molecule has 0 spiro atoms. The Hall–Kier alpha value is -2.29. The maximum atomic E-state index is 12.4. The number of ether oxygens (including phenoxy) is 2. The van der Waals surface area contributed by atoms with Gasteiger partial charge in [-0.05, 0) is 50.9 Å². The number of phosphoric ester groups is 1. The van der Waals surface area contributed by atoms with Crippen molar-refractivity contribution in [1.82, 2.24) is 0 Å². The van der Waals surface area contributed by atoms with Crippen molar-refractivity contribution < 1.29 is 43.0 Å². The molecule has 0 fully saturated rings. The number of aliphatic hydroxyl groups is 1.